The Balaban J connectivity index is 2.21. The third-order valence-electron chi connectivity index (χ3n) is 3.61. The van der Waals surface area contributed by atoms with Crippen LogP contribution in [0.4, 0.5) is 0 Å². The first-order chi connectivity index (χ1) is 4.71. The highest BCUT2D eigenvalue weighted by atomic mass is 16.5. The van der Waals surface area contributed by atoms with Gasteiger partial charge in [-0.15, -0.1) is 0 Å². The molecule has 0 radical (unpaired) electrons. The second-order valence-corrected chi connectivity index (χ2v) is 4.33. The molecule has 1 saturated heterocycles. The second kappa shape index (κ2) is 1.97. The summed E-state index contributed by atoms with van der Waals surface area (Å²) in [4.78, 5) is 0. The Hall–Kier alpha value is -0.0400. The Morgan fingerprint density at radius 3 is 2.00 bits per heavy atom. The molecule has 2 bridgehead atoms. The van der Waals surface area contributed by atoms with Gasteiger partial charge in [0.2, 0.25) is 0 Å². The predicted molar refractivity (Wildman–Crippen MR) is 40.8 cm³/mol. The maximum absolute atomic E-state index is 5.49. The van der Waals surface area contributed by atoms with Crippen molar-refractivity contribution >= 4 is 0 Å². The third kappa shape index (κ3) is 0.731. The molecule has 1 heterocycles. The minimum Gasteiger partial charge on any atom is -0.381 e. The molecule has 2 rings (SSSR count). The maximum atomic E-state index is 5.49. The number of hydrogen-bond acceptors (Lipinski definition) is 1. The van der Waals surface area contributed by atoms with Crippen LogP contribution in [0, 0.1) is 17.3 Å². The molecule has 2 unspecified atom stereocenters. The summed E-state index contributed by atoms with van der Waals surface area (Å²) in [7, 11) is 0. The van der Waals surface area contributed by atoms with E-state index >= 15 is 0 Å². The molecule has 0 aromatic heterocycles. The summed E-state index contributed by atoms with van der Waals surface area (Å²) in [6, 6.07) is 0. The summed E-state index contributed by atoms with van der Waals surface area (Å²) >= 11 is 0. The van der Waals surface area contributed by atoms with Crippen molar-refractivity contribution in [2.24, 2.45) is 17.3 Å². The molecule has 0 spiro atoms. The molecule has 0 aromatic rings. The quantitative estimate of drug-likeness (QED) is 0.500. The van der Waals surface area contributed by atoms with Gasteiger partial charge in [0, 0.05) is 13.2 Å². The van der Waals surface area contributed by atoms with Gasteiger partial charge in [-0.1, -0.05) is 13.8 Å². The van der Waals surface area contributed by atoms with E-state index in [-0.39, 0.29) is 0 Å². The minimum absolute atomic E-state index is 0.582. The zero-order valence-corrected chi connectivity index (χ0v) is 6.89. The molecule has 1 heteroatoms. The highest BCUT2D eigenvalue weighted by Crippen LogP contribution is 2.49. The Kier molecular flexibility index (Phi) is 1.31. The van der Waals surface area contributed by atoms with Crippen LogP contribution < -0.4 is 0 Å². The van der Waals surface area contributed by atoms with Gasteiger partial charge in [0.15, 0.2) is 0 Å². The van der Waals surface area contributed by atoms with Gasteiger partial charge in [0.25, 0.3) is 0 Å². The molecule has 58 valence electrons. The van der Waals surface area contributed by atoms with Crippen molar-refractivity contribution in [1.29, 1.82) is 0 Å². The van der Waals surface area contributed by atoms with E-state index in [1.807, 2.05) is 0 Å². The predicted octanol–water partition coefficient (Wildman–Crippen LogP) is 2.07. The largest absolute Gasteiger partial charge is 0.381 e. The highest BCUT2D eigenvalue weighted by Gasteiger charge is 2.45. The van der Waals surface area contributed by atoms with Crippen LogP contribution in [0.15, 0.2) is 0 Å². The molecule has 2 atom stereocenters. The molecule has 0 aromatic carbocycles. The molecule has 10 heavy (non-hydrogen) atoms. The van der Waals surface area contributed by atoms with Crippen molar-refractivity contribution in [3.63, 3.8) is 0 Å². The smallest absolute Gasteiger partial charge is 0.0499 e. The molecule has 1 aliphatic carbocycles. The van der Waals surface area contributed by atoms with E-state index in [4.69, 9.17) is 4.74 Å². The van der Waals surface area contributed by atoms with Crippen LogP contribution in [0.25, 0.3) is 0 Å². The van der Waals surface area contributed by atoms with Crippen LogP contribution in [-0.2, 0) is 4.74 Å². The average molecular weight is 140 g/mol. The first-order valence-corrected chi connectivity index (χ1v) is 4.29. The Morgan fingerprint density at radius 2 is 1.60 bits per heavy atom. The molecule has 0 amide bonds. The van der Waals surface area contributed by atoms with Crippen molar-refractivity contribution in [3.8, 4) is 0 Å². The Morgan fingerprint density at radius 1 is 1.10 bits per heavy atom. The van der Waals surface area contributed by atoms with Crippen LogP contribution in [0.2, 0.25) is 0 Å². The Bertz CT molecular complexity index is 122. The van der Waals surface area contributed by atoms with Crippen LogP contribution in [0.1, 0.15) is 26.7 Å². The lowest BCUT2D eigenvalue weighted by Crippen LogP contribution is -2.35. The molecule has 1 aliphatic heterocycles. The summed E-state index contributed by atoms with van der Waals surface area (Å²) in [5.74, 6) is 1.71. The van der Waals surface area contributed by atoms with Crippen molar-refractivity contribution in [2.75, 3.05) is 13.2 Å². The van der Waals surface area contributed by atoms with Crippen molar-refractivity contribution in [1.82, 2.24) is 0 Å². The molecule has 2 fully saturated rings. The molecule has 0 N–H and O–H groups in total. The Labute approximate surface area is 62.8 Å². The number of rotatable bonds is 0. The molecular weight excluding hydrogens is 124 g/mol. The lowest BCUT2D eigenvalue weighted by Gasteiger charge is -2.37. The van der Waals surface area contributed by atoms with Crippen LogP contribution in [-0.4, -0.2) is 13.2 Å². The van der Waals surface area contributed by atoms with E-state index in [1.54, 1.807) is 0 Å². The molecular formula is C9H16O. The van der Waals surface area contributed by atoms with Gasteiger partial charge < -0.3 is 4.74 Å². The first kappa shape index (κ1) is 6.66. The summed E-state index contributed by atoms with van der Waals surface area (Å²) in [5.41, 5.74) is 0.582. The van der Waals surface area contributed by atoms with E-state index in [1.165, 1.54) is 12.8 Å². The monoisotopic (exact) mass is 140 g/mol. The van der Waals surface area contributed by atoms with E-state index in [2.05, 4.69) is 13.8 Å². The fourth-order valence-electron chi connectivity index (χ4n) is 2.43. The van der Waals surface area contributed by atoms with E-state index in [9.17, 15) is 0 Å². The standard InChI is InChI=1S/C9H16O/c1-9(2)7-3-4-8(9)6-10-5-7/h7-8H,3-6H2,1-2H3. The van der Waals surface area contributed by atoms with Crippen molar-refractivity contribution < 1.29 is 4.74 Å². The van der Waals surface area contributed by atoms with E-state index in [0.717, 1.165) is 25.0 Å². The number of hydrogen-bond donors (Lipinski definition) is 0. The zero-order chi connectivity index (χ0) is 7.19. The lowest BCUT2D eigenvalue weighted by atomic mass is 9.75. The van der Waals surface area contributed by atoms with Crippen LogP contribution >= 0.6 is 0 Å². The summed E-state index contributed by atoms with van der Waals surface area (Å²) in [5, 5.41) is 0. The maximum Gasteiger partial charge on any atom is 0.0499 e. The van der Waals surface area contributed by atoms with Gasteiger partial charge in [-0.2, -0.15) is 0 Å². The first-order valence-electron chi connectivity index (χ1n) is 4.29. The molecule has 2 aliphatic rings. The van der Waals surface area contributed by atoms with Gasteiger partial charge >= 0.3 is 0 Å². The average Bonchev–Trinajstić information content (AvgIpc) is 2.17. The zero-order valence-electron chi connectivity index (χ0n) is 6.89. The SMILES string of the molecule is CC1(C)C2CCC1COC2. The van der Waals surface area contributed by atoms with Crippen molar-refractivity contribution in [2.45, 2.75) is 26.7 Å². The van der Waals surface area contributed by atoms with Gasteiger partial charge in [0.1, 0.15) is 0 Å². The normalized spacial score (nSPS) is 43.8. The fourth-order valence-corrected chi connectivity index (χ4v) is 2.43. The number of ether oxygens (including phenoxy) is 1. The summed E-state index contributed by atoms with van der Waals surface area (Å²) in [6.45, 7) is 6.84. The van der Waals surface area contributed by atoms with Gasteiger partial charge in [-0.3, -0.25) is 0 Å². The molecule has 1 nitrogen and oxygen atoms in total. The topological polar surface area (TPSA) is 9.23 Å². The van der Waals surface area contributed by atoms with Gasteiger partial charge in [-0.05, 0) is 30.1 Å². The van der Waals surface area contributed by atoms with Crippen LogP contribution in [0.3, 0.4) is 0 Å². The van der Waals surface area contributed by atoms with E-state index < -0.39 is 0 Å². The second-order valence-electron chi connectivity index (χ2n) is 4.33. The van der Waals surface area contributed by atoms with Crippen LogP contribution in [0.5, 0.6) is 0 Å². The fraction of sp³-hybridized carbons (Fsp3) is 1.00. The minimum atomic E-state index is 0.582. The summed E-state index contributed by atoms with van der Waals surface area (Å²) in [6.07, 6.45) is 2.80. The third-order valence-corrected chi connectivity index (χ3v) is 3.61. The summed E-state index contributed by atoms with van der Waals surface area (Å²) < 4.78 is 5.49. The van der Waals surface area contributed by atoms with Gasteiger partial charge in [0.05, 0.1) is 0 Å². The highest BCUT2D eigenvalue weighted by molar-refractivity contribution is 4.94. The molecule has 1 saturated carbocycles. The van der Waals surface area contributed by atoms with Gasteiger partial charge in [-0.25, -0.2) is 0 Å². The lowest BCUT2D eigenvalue weighted by molar-refractivity contribution is -0.0344. The van der Waals surface area contributed by atoms with E-state index in [0.29, 0.717) is 5.41 Å². The van der Waals surface area contributed by atoms with Crippen molar-refractivity contribution in [3.05, 3.63) is 0 Å². The number of fused-ring (bicyclic) bond motifs is 2.